The SMILES string of the molecule is O=S(=O)(C1CCOCC1)N(CCBr)CC(F)F. The van der Waals surface area contributed by atoms with Gasteiger partial charge in [0.05, 0.1) is 11.8 Å². The van der Waals surface area contributed by atoms with Crippen molar-refractivity contribution in [2.24, 2.45) is 0 Å². The largest absolute Gasteiger partial charge is 0.381 e. The predicted molar refractivity (Wildman–Crippen MR) is 64.1 cm³/mol. The van der Waals surface area contributed by atoms with Gasteiger partial charge in [0.15, 0.2) is 0 Å². The number of hydrogen-bond donors (Lipinski definition) is 0. The van der Waals surface area contributed by atoms with Crippen LogP contribution in [0.15, 0.2) is 0 Å². The van der Waals surface area contributed by atoms with Gasteiger partial charge in [0.25, 0.3) is 6.43 Å². The lowest BCUT2D eigenvalue weighted by atomic mass is 10.2. The highest BCUT2D eigenvalue weighted by atomic mass is 79.9. The summed E-state index contributed by atoms with van der Waals surface area (Å²) in [4.78, 5) is 0. The molecule has 0 aromatic heterocycles. The Hall–Kier alpha value is 0.210. The number of rotatable bonds is 6. The van der Waals surface area contributed by atoms with Crippen LogP contribution in [0.2, 0.25) is 0 Å². The van der Waals surface area contributed by atoms with Crippen LogP contribution < -0.4 is 0 Å². The van der Waals surface area contributed by atoms with Gasteiger partial charge in [-0.2, -0.15) is 4.31 Å². The number of nitrogens with zero attached hydrogens (tertiary/aromatic N) is 1. The topological polar surface area (TPSA) is 46.6 Å². The van der Waals surface area contributed by atoms with Crippen molar-refractivity contribution < 1.29 is 21.9 Å². The van der Waals surface area contributed by atoms with E-state index in [4.69, 9.17) is 4.74 Å². The average Bonchev–Trinajstić information content (AvgIpc) is 2.29. The zero-order valence-electron chi connectivity index (χ0n) is 9.32. The Balaban J connectivity index is 2.74. The minimum Gasteiger partial charge on any atom is -0.381 e. The zero-order chi connectivity index (χ0) is 12.9. The molecule has 0 aromatic carbocycles. The summed E-state index contributed by atoms with van der Waals surface area (Å²) in [6.07, 6.45) is -1.89. The molecule has 0 bridgehead atoms. The highest BCUT2D eigenvalue weighted by Crippen LogP contribution is 2.20. The molecular weight excluding hydrogens is 320 g/mol. The zero-order valence-corrected chi connectivity index (χ0v) is 11.7. The molecule has 0 unspecified atom stereocenters. The van der Waals surface area contributed by atoms with Gasteiger partial charge in [0.1, 0.15) is 0 Å². The van der Waals surface area contributed by atoms with Crippen LogP contribution in [0.1, 0.15) is 12.8 Å². The van der Waals surface area contributed by atoms with E-state index in [1.54, 1.807) is 0 Å². The lowest BCUT2D eigenvalue weighted by molar-refractivity contribution is 0.0947. The standard InChI is InChI=1S/C9H16BrF2NO3S/c10-3-4-13(7-9(11)12)17(14,15)8-1-5-16-6-2-8/h8-9H,1-7H2. The quantitative estimate of drug-likeness (QED) is 0.690. The Morgan fingerprint density at radius 3 is 2.41 bits per heavy atom. The number of ether oxygens (including phenoxy) is 1. The number of alkyl halides is 3. The van der Waals surface area contributed by atoms with E-state index in [1.807, 2.05) is 0 Å². The fourth-order valence-electron chi connectivity index (χ4n) is 1.76. The molecule has 0 atom stereocenters. The highest BCUT2D eigenvalue weighted by Gasteiger charge is 2.34. The van der Waals surface area contributed by atoms with Gasteiger partial charge in [0.2, 0.25) is 10.0 Å². The van der Waals surface area contributed by atoms with E-state index in [1.165, 1.54) is 0 Å². The average molecular weight is 336 g/mol. The van der Waals surface area contributed by atoms with E-state index < -0.39 is 28.2 Å². The molecule has 0 N–H and O–H groups in total. The summed E-state index contributed by atoms with van der Waals surface area (Å²) >= 11 is 3.08. The van der Waals surface area contributed by atoms with Gasteiger partial charge in [0, 0.05) is 25.1 Å². The molecule has 102 valence electrons. The molecular formula is C9H16BrF2NO3S. The number of sulfonamides is 1. The molecule has 0 spiro atoms. The Morgan fingerprint density at radius 2 is 1.94 bits per heavy atom. The fraction of sp³-hybridized carbons (Fsp3) is 1.00. The van der Waals surface area contributed by atoms with Gasteiger partial charge in [-0.05, 0) is 12.8 Å². The smallest absolute Gasteiger partial charge is 0.252 e. The van der Waals surface area contributed by atoms with Crippen LogP contribution in [-0.2, 0) is 14.8 Å². The van der Waals surface area contributed by atoms with Crippen molar-refractivity contribution in [2.45, 2.75) is 24.5 Å². The summed E-state index contributed by atoms with van der Waals surface area (Å²) in [7, 11) is -3.64. The molecule has 1 aliphatic heterocycles. The first-order valence-electron chi connectivity index (χ1n) is 5.39. The van der Waals surface area contributed by atoms with Crippen molar-refractivity contribution in [2.75, 3.05) is 31.6 Å². The van der Waals surface area contributed by atoms with E-state index in [0.29, 0.717) is 31.4 Å². The molecule has 17 heavy (non-hydrogen) atoms. The molecule has 1 saturated heterocycles. The molecule has 0 aromatic rings. The number of hydrogen-bond acceptors (Lipinski definition) is 3. The van der Waals surface area contributed by atoms with E-state index in [0.717, 1.165) is 4.31 Å². The first-order chi connectivity index (χ1) is 7.98. The van der Waals surface area contributed by atoms with Crippen molar-refractivity contribution in [3.05, 3.63) is 0 Å². The van der Waals surface area contributed by atoms with Gasteiger partial charge in [-0.15, -0.1) is 0 Å². The third-order valence-corrected chi connectivity index (χ3v) is 5.34. The van der Waals surface area contributed by atoms with Crippen LogP contribution in [-0.4, -0.2) is 56.0 Å². The Morgan fingerprint density at radius 1 is 1.35 bits per heavy atom. The third kappa shape index (κ3) is 4.42. The monoisotopic (exact) mass is 335 g/mol. The molecule has 0 aliphatic carbocycles. The minimum atomic E-state index is -3.64. The molecule has 1 aliphatic rings. The second kappa shape index (κ2) is 6.96. The van der Waals surface area contributed by atoms with Gasteiger partial charge in [-0.1, -0.05) is 15.9 Å². The summed E-state index contributed by atoms with van der Waals surface area (Å²) in [5, 5.41) is -0.239. The Bertz CT molecular complexity index is 320. The van der Waals surface area contributed by atoms with Crippen LogP contribution in [0.5, 0.6) is 0 Å². The maximum atomic E-state index is 12.4. The van der Waals surface area contributed by atoms with E-state index in [2.05, 4.69) is 15.9 Å². The fourth-order valence-corrected chi connectivity index (χ4v) is 4.29. The molecule has 1 rings (SSSR count). The van der Waals surface area contributed by atoms with E-state index in [9.17, 15) is 17.2 Å². The molecule has 0 amide bonds. The van der Waals surface area contributed by atoms with Crippen molar-refractivity contribution >= 4 is 26.0 Å². The first-order valence-corrected chi connectivity index (χ1v) is 8.01. The van der Waals surface area contributed by atoms with E-state index in [-0.39, 0.29) is 6.54 Å². The lowest BCUT2D eigenvalue weighted by Crippen LogP contribution is -2.44. The van der Waals surface area contributed by atoms with Gasteiger partial charge >= 0.3 is 0 Å². The van der Waals surface area contributed by atoms with Crippen molar-refractivity contribution in [3.8, 4) is 0 Å². The molecule has 8 heteroatoms. The highest BCUT2D eigenvalue weighted by molar-refractivity contribution is 9.09. The van der Waals surface area contributed by atoms with Crippen molar-refractivity contribution in [1.82, 2.24) is 4.31 Å². The normalized spacial score (nSPS) is 19.1. The molecule has 1 fully saturated rings. The summed E-state index contributed by atoms with van der Waals surface area (Å²) < 4.78 is 54.9. The van der Waals surface area contributed by atoms with Crippen molar-refractivity contribution in [3.63, 3.8) is 0 Å². The predicted octanol–water partition coefficient (Wildman–Crippen LogP) is 1.46. The Kier molecular flexibility index (Phi) is 6.25. The summed E-state index contributed by atoms with van der Waals surface area (Å²) in [5.74, 6) is 0. The molecule has 0 saturated carbocycles. The summed E-state index contributed by atoms with van der Waals surface area (Å²) in [6, 6.07) is 0. The van der Waals surface area contributed by atoms with Gasteiger partial charge in [-0.3, -0.25) is 0 Å². The van der Waals surface area contributed by atoms with E-state index >= 15 is 0 Å². The second-order valence-electron chi connectivity index (χ2n) is 3.79. The second-order valence-corrected chi connectivity index (χ2v) is 6.80. The molecule has 0 radical (unpaired) electrons. The van der Waals surface area contributed by atoms with Crippen LogP contribution in [0, 0.1) is 0 Å². The lowest BCUT2D eigenvalue weighted by Gasteiger charge is -2.29. The molecule has 4 nitrogen and oxygen atoms in total. The molecule has 1 heterocycles. The Labute approximate surface area is 108 Å². The van der Waals surface area contributed by atoms with Crippen LogP contribution in [0.3, 0.4) is 0 Å². The van der Waals surface area contributed by atoms with Gasteiger partial charge < -0.3 is 4.74 Å². The summed E-state index contributed by atoms with van der Waals surface area (Å²) in [5.41, 5.74) is 0. The maximum absolute atomic E-state index is 12.4. The third-order valence-electron chi connectivity index (χ3n) is 2.63. The first kappa shape index (κ1) is 15.3. The van der Waals surface area contributed by atoms with Crippen LogP contribution in [0.4, 0.5) is 8.78 Å². The van der Waals surface area contributed by atoms with Crippen LogP contribution >= 0.6 is 15.9 Å². The van der Waals surface area contributed by atoms with Gasteiger partial charge in [-0.25, -0.2) is 17.2 Å². The maximum Gasteiger partial charge on any atom is 0.252 e. The summed E-state index contributed by atoms with van der Waals surface area (Å²) in [6.45, 7) is 0.0940. The minimum absolute atomic E-state index is 0.0734. The number of halogens is 3. The van der Waals surface area contributed by atoms with Crippen LogP contribution in [0.25, 0.3) is 0 Å². The van der Waals surface area contributed by atoms with Crippen molar-refractivity contribution in [1.29, 1.82) is 0 Å².